The van der Waals surface area contributed by atoms with Crippen molar-refractivity contribution in [3.8, 4) is 0 Å². The Bertz CT molecular complexity index is 450. The molecule has 144 valence electrons. The highest BCUT2D eigenvalue weighted by molar-refractivity contribution is 5.76. The van der Waals surface area contributed by atoms with Crippen molar-refractivity contribution in [3.63, 3.8) is 0 Å². The molecule has 0 aliphatic rings. The van der Waals surface area contributed by atoms with Gasteiger partial charge >= 0.3 is 24.0 Å². The Kier molecular flexibility index (Phi) is 6.42. The molecule has 0 radical (unpaired) electrons. The molecular formula is C15H23F7O2. The summed E-state index contributed by atoms with van der Waals surface area (Å²) in [6.07, 6.45) is -6.27. The molecule has 0 bridgehead atoms. The van der Waals surface area contributed by atoms with Crippen molar-refractivity contribution in [2.75, 3.05) is 6.61 Å². The minimum atomic E-state index is -6.45. The van der Waals surface area contributed by atoms with E-state index in [9.17, 15) is 35.5 Å². The number of rotatable bonds is 6. The van der Waals surface area contributed by atoms with Gasteiger partial charge in [-0.25, -0.2) is 0 Å². The highest BCUT2D eigenvalue weighted by Crippen LogP contribution is 2.47. The fraction of sp³-hybridized carbons (Fsp3) is 0.933. The van der Waals surface area contributed by atoms with E-state index in [1.807, 2.05) is 0 Å². The summed E-state index contributed by atoms with van der Waals surface area (Å²) in [5.41, 5.74) is -1.72. The zero-order valence-electron chi connectivity index (χ0n) is 14.5. The molecule has 0 spiro atoms. The average molecular weight is 368 g/mol. The molecule has 0 fully saturated rings. The highest BCUT2D eigenvalue weighted by atomic mass is 19.4. The lowest BCUT2D eigenvalue weighted by Crippen LogP contribution is -2.55. The fourth-order valence-electron chi connectivity index (χ4n) is 2.23. The van der Waals surface area contributed by atoms with Gasteiger partial charge in [-0.3, -0.25) is 4.79 Å². The minimum Gasteiger partial charge on any atom is -0.459 e. The molecule has 0 aromatic carbocycles. The Morgan fingerprint density at radius 2 is 1.33 bits per heavy atom. The number of hydrogen-bond acceptors (Lipinski definition) is 2. The van der Waals surface area contributed by atoms with Gasteiger partial charge in [0.15, 0.2) is 6.61 Å². The first kappa shape index (κ1) is 23.0. The predicted molar refractivity (Wildman–Crippen MR) is 73.9 cm³/mol. The van der Waals surface area contributed by atoms with Gasteiger partial charge in [-0.15, -0.1) is 0 Å². The molecule has 0 N–H and O–H groups in total. The fourth-order valence-corrected chi connectivity index (χ4v) is 2.23. The van der Waals surface area contributed by atoms with Gasteiger partial charge in [-0.05, 0) is 24.7 Å². The van der Waals surface area contributed by atoms with E-state index in [4.69, 9.17) is 0 Å². The summed E-state index contributed by atoms with van der Waals surface area (Å²) in [7, 11) is 0. The Morgan fingerprint density at radius 1 is 0.917 bits per heavy atom. The van der Waals surface area contributed by atoms with Crippen molar-refractivity contribution < 1.29 is 40.3 Å². The van der Waals surface area contributed by atoms with Crippen LogP contribution in [-0.4, -0.2) is 30.6 Å². The van der Waals surface area contributed by atoms with Gasteiger partial charge in [0.2, 0.25) is 0 Å². The van der Waals surface area contributed by atoms with Crippen LogP contribution in [0.3, 0.4) is 0 Å². The molecule has 9 heteroatoms. The minimum absolute atomic E-state index is 0.178. The molecular weight excluding hydrogens is 345 g/mol. The Hall–Kier alpha value is -1.02. The van der Waals surface area contributed by atoms with Crippen molar-refractivity contribution in [1.82, 2.24) is 0 Å². The summed E-state index contributed by atoms with van der Waals surface area (Å²) in [5.74, 6) is -13.5. The lowest BCUT2D eigenvalue weighted by molar-refractivity contribution is -0.360. The second-order valence-electron chi connectivity index (χ2n) is 7.66. The second kappa shape index (κ2) is 6.71. The summed E-state index contributed by atoms with van der Waals surface area (Å²) in [5, 5.41) is 0. The first-order valence-corrected chi connectivity index (χ1v) is 7.27. The summed E-state index contributed by atoms with van der Waals surface area (Å²) in [4.78, 5) is 12.1. The second-order valence-corrected chi connectivity index (χ2v) is 7.66. The number of ether oxygens (including phenoxy) is 1. The van der Waals surface area contributed by atoms with Crippen LogP contribution < -0.4 is 0 Å². The van der Waals surface area contributed by atoms with Crippen LogP contribution >= 0.6 is 0 Å². The van der Waals surface area contributed by atoms with E-state index >= 15 is 0 Å². The Labute approximate surface area is 136 Å². The number of carbonyl (C=O) groups excluding carboxylic acids is 1. The van der Waals surface area contributed by atoms with Gasteiger partial charge in [-0.1, -0.05) is 34.6 Å². The third kappa shape index (κ3) is 4.99. The van der Waals surface area contributed by atoms with Crippen LogP contribution in [0.15, 0.2) is 0 Å². The van der Waals surface area contributed by atoms with Crippen molar-refractivity contribution in [1.29, 1.82) is 0 Å². The average Bonchev–Trinajstić information content (AvgIpc) is 2.31. The zero-order chi connectivity index (χ0) is 19.8. The maximum absolute atomic E-state index is 13.2. The first-order chi connectivity index (χ1) is 10.3. The normalized spacial score (nSPS) is 16.9. The quantitative estimate of drug-likeness (QED) is 0.460. The van der Waals surface area contributed by atoms with E-state index in [2.05, 4.69) is 4.74 Å². The van der Waals surface area contributed by atoms with Crippen LogP contribution in [-0.2, 0) is 9.53 Å². The van der Waals surface area contributed by atoms with Crippen LogP contribution in [0.4, 0.5) is 30.7 Å². The highest BCUT2D eigenvalue weighted by Gasteiger charge is 2.73. The molecule has 24 heavy (non-hydrogen) atoms. The monoisotopic (exact) mass is 368 g/mol. The van der Waals surface area contributed by atoms with E-state index in [0.717, 1.165) is 0 Å². The predicted octanol–water partition coefficient (Wildman–Crippen LogP) is 5.46. The number of halogens is 7. The van der Waals surface area contributed by atoms with E-state index in [1.54, 1.807) is 34.6 Å². The summed E-state index contributed by atoms with van der Waals surface area (Å²) >= 11 is 0. The molecule has 0 saturated heterocycles. The Morgan fingerprint density at radius 3 is 1.62 bits per heavy atom. The molecule has 0 saturated carbocycles. The Balaban J connectivity index is 5.30. The van der Waals surface area contributed by atoms with E-state index in [0.29, 0.717) is 0 Å². The molecule has 0 aliphatic carbocycles. The van der Waals surface area contributed by atoms with Crippen molar-refractivity contribution >= 4 is 5.97 Å². The molecule has 0 heterocycles. The van der Waals surface area contributed by atoms with E-state index in [-0.39, 0.29) is 6.42 Å². The summed E-state index contributed by atoms with van der Waals surface area (Å²) in [6, 6.07) is 0. The maximum atomic E-state index is 13.2. The van der Waals surface area contributed by atoms with Crippen molar-refractivity contribution in [2.24, 2.45) is 16.7 Å². The van der Waals surface area contributed by atoms with E-state index in [1.165, 1.54) is 6.92 Å². The first-order valence-electron chi connectivity index (χ1n) is 7.27. The molecule has 2 nitrogen and oxygen atoms in total. The number of hydrogen-bond donors (Lipinski definition) is 0. The molecule has 0 amide bonds. The van der Waals surface area contributed by atoms with E-state index < -0.39 is 47.3 Å². The van der Waals surface area contributed by atoms with Gasteiger partial charge in [0.05, 0.1) is 5.41 Å². The largest absolute Gasteiger partial charge is 0.460 e. The van der Waals surface area contributed by atoms with Crippen LogP contribution in [0.2, 0.25) is 0 Å². The summed E-state index contributed by atoms with van der Waals surface area (Å²) < 4.78 is 92.5. The molecule has 0 aliphatic heterocycles. The van der Waals surface area contributed by atoms with Gasteiger partial charge < -0.3 is 4.74 Å². The van der Waals surface area contributed by atoms with Crippen LogP contribution in [0.25, 0.3) is 0 Å². The lowest BCUT2D eigenvalue weighted by Gasteiger charge is -2.37. The van der Waals surface area contributed by atoms with Crippen LogP contribution in [0.5, 0.6) is 0 Å². The standard InChI is InChI=1S/C15H23F7O2/c1-9(2)12(6,7-11(3,4)5)10(23)24-8-13(16,17)14(18,19)15(20,21)22/h9H,7-8H2,1-6H3. The third-order valence-electron chi connectivity index (χ3n) is 3.84. The molecule has 0 aromatic heterocycles. The molecule has 1 atom stereocenters. The lowest BCUT2D eigenvalue weighted by atomic mass is 9.69. The number of alkyl halides is 7. The zero-order valence-corrected chi connectivity index (χ0v) is 14.5. The number of carbonyl (C=O) groups is 1. The number of esters is 1. The van der Waals surface area contributed by atoms with Crippen LogP contribution in [0.1, 0.15) is 48.0 Å². The van der Waals surface area contributed by atoms with Crippen molar-refractivity contribution in [2.45, 2.75) is 66.0 Å². The van der Waals surface area contributed by atoms with Gasteiger partial charge in [-0.2, -0.15) is 30.7 Å². The van der Waals surface area contributed by atoms with Gasteiger partial charge in [0.1, 0.15) is 0 Å². The topological polar surface area (TPSA) is 26.3 Å². The van der Waals surface area contributed by atoms with Crippen LogP contribution in [0, 0.1) is 16.7 Å². The van der Waals surface area contributed by atoms with Gasteiger partial charge in [0, 0.05) is 0 Å². The molecule has 0 aromatic rings. The van der Waals surface area contributed by atoms with Crippen molar-refractivity contribution in [3.05, 3.63) is 0 Å². The molecule has 1 unspecified atom stereocenters. The summed E-state index contributed by atoms with van der Waals surface area (Å²) in [6.45, 7) is 7.59. The maximum Gasteiger partial charge on any atom is 0.460 e. The SMILES string of the molecule is CC(C)C(C)(CC(C)(C)C)C(=O)OCC(F)(F)C(F)(F)C(F)(F)F. The third-order valence-corrected chi connectivity index (χ3v) is 3.84. The van der Waals surface area contributed by atoms with Gasteiger partial charge in [0.25, 0.3) is 0 Å². The molecule has 0 rings (SSSR count). The smallest absolute Gasteiger partial charge is 0.459 e.